The van der Waals surface area contributed by atoms with E-state index in [4.69, 9.17) is 0 Å². The molecule has 0 spiro atoms. The van der Waals surface area contributed by atoms with E-state index < -0.39 is 11.1 Å². The number of aromatic nitrogens is 2. The van der Waals surface area contributed by atoms with Crippen LogP contribution in [0.1, 0.15) is 0 Å². The maximum atomic E-state index is 11.4. The average molecular weight is 334 g/mol. The second-order valence-electron chi connectivity index (χ2n) is 3.10. The second kappa shape index (κ2) is 3.61. The molecule has 0 saturated carbocycles. The van der Waals surface area contributed by atoms with E-state index in [1.54, 1.807) is 19.2 Å². The van der Waals surface area contributed by atoms with Crippen molar-refractivity contribution in [2.24, 2.45) is 7.05 Å². The van der Waals surface area contributed by atoms with E-state index in [2.05, 4.69) is 36.8 Å². The van der Waals surface area contributed by atoms with Crippen LogP contribution in [0.2, 0.25) is 0 Å². The highest BCUT2D eigenvalue weighted by atomic mass is 79.9. The molecular weight excluding hydrogens is 328 g/mol. The molecule has 0 amide bonds. The molecule has 1 heterocycles. The summed E-state index contributed by atoms with van der Waals surface area (Å²) in [5.41, 5.74) is 0.128. The van der Waals surface area contributed by atoms with E-state index in [0.29, 0.717) is 11.0 Å². The van der Waals surface area contributed by atoms with Crippen molar-refractivity contribution in [1.29, 1.82) is 0 Å². The van der Waals surface area contributed by atoms with Crippen molar-refractivity contribution in [3.8, 4) is 0 Å². The van der Waals surface area contributed by atoms with E-state index in [1.165, 1.54) is 4.57 Å². The molecule has 78 valence electrons. The van der Waals surface area contributed by atoms with Crippen molar-refractivity contribution in [1.82, 2.24) is 9.55 Å². The van der Waals surface area contributed by atoms with Crippen molar-refractivity contribution in [2.45, 2.75) is 0 Å². The van der Waals surface area contributed by atoms with Gasteiger partial charge in [0, 0.05) is 16.0 Å². The normalized spacial score (nSPS) is 10.9. The molecule has 0 aliphatic heterocycles. The molecule has 1 aromatic heterocycles. The lowest BCUT2D eigenvalue weighted by molar-refractivity contribution is 0.873. The smallest absolute Gasteiger partial charge is 0.316 e. The van der Waals surface area contributed by atoms with Crippen LogP contribution in [-0.2, 0) is 7.05 Å². The standard InChI is InChI=1S/C9H6Br2N2O2/c1-13-7-3-5(11)4(10)2-6(7)12-8(14)9(13)15/h2-3H,1H3,(H,12,14). The monoisotopic (exact) mass is 332 g/mol. The quantitative estimate of drug-likeness (QED) is 0.747. The summed E-state index contributed by atoms with van der Waals surface area (Å²) in [5.74, 6) is 0. The van der Waals surface area contributed by atoms with Crippen molar-refractivity contribution in [3.63, 3.8) is 0 Å². The molecule has 0 aliphatic rings. The lowest BCUT2D eigenvalue weighted by Gasteiger charge is -2.05. The fourth-order valence-electron chi connectivity index (χ4n) is 1.35. The first kappa shape index (κ1) is 10.6. The highest BCUT2D eigenvalue weighted by Gasteiger charge is 2.06. The van der Waals surface area contributed by atoms with Crippen LogP contribution in [-0.4, -0.2) is 9.55 Å². The molecule has 0 aliphatic carbocycles. The second-order valence-corrected chi connectivity index (χ2v) is 4.81. The Hall–Kier alpha value is -0.880. The number of halogens is 2. The first-order chi connectivity index (χ1) is 7.00. The van der Waals surface area contributed by atoms with Gasteiger partial charge >= 0.3 is 11.1 Å². The Labute approximate surface area is 101 Å². The molecule has 0 unspecified atom stereocenters. The SMILES string of the molecule is Cn1c(=O)c(=O)[nH]c2cc(Br)c(Br)cc21. The van der Waals surface area contributed by atoms with Crippen LogP contribution in [0.4, 0.5) is 0 Å². The van der Waals surface area contributed by atoms with Crippen LogP contribution < -0.4 is 11.1 Å². The molecule has 1 aromatic carbocycles. The van der Waals surface area contributed by atoms with Gasteiger partial charge in [-0.15, -0.1) is 0 Å². The molecule has 0 radical (unpaired) electrons. The first-order valence-corrected chi connectivity index (χ1v) is 5.67. The van der Waals surface area contributed by atoms with Crippen LogP contribution in [0.25, 0.3) is 11.0 Å². The van der Waals surface area contributed by atoms with Gasteiger partial charge < -0.3 is 9.55 Å². The minimum absolute atomic E-state index is 0.559. The Morgan fingerprint density at radius 2 is 1.80 bits per heavy atom. The Balaban J connectivity index is 3.06. The van der Waals surface area contributed by atoms with Gasteiger partial charge in [-0.1, -0.05) is 0 Å². The predicted octanol–water partition coefficient (Wildman–Crippen LogP) is 1.75. The fourth-order valence-corrected chi connectivity index (χ4v) is 2.03. The van der Waals surface area contributed by atoms with Crippen molar-refractivity contribution < 1.29 is 0 Å². The maximum Gasteiger partial charge on any atom is 0.316 e. The highest BCUT2D eigenvalue weighted by Crippen LogP contribution is 2.26. The molecule has 2 aromatic rings. The number of hydrogen-bond acceptors (Lipinski definition) is 2. The third kappa shape index (κ3) is 1.68. The summed E-state index contributed by atoms with van der Waals surface area (Å²) in [4.78, 5) is 25.1. The molecule has 2 rings (SSSR count). The predicted molar refractivity (Wildman–Crippen MR) is 65.2 cm³/mol. The third-order valence-corrected chi connectivity index (χ3v) is 3.99. The number of benzene rings is 1. The fraction of sp³-hybridized carbons (Fsp3) is 0.111. The van der Waals surface area contributed by atoms with Gasteiger partial charge in [0.1, 0.15) is 0 Å². The van der Waals surface area contributed by atoms with E-state index in [-0.39, 0.29) is 0 Å². The minimum atomic E-state index is -0.612. The topological polar surface area (TPSA) is 54.9 Å². The zero-order valence-corrected chi connectivity index (χ0v) is 10.8. The molecule has 6 heteroatoms. The first-order valence-electron chi connectivity index (χ1n) is 4.09. The van der Waals surface area contributed by atoms with E-state index >= 15 is 0 Å². The zero-order chi connectivity index (χ0) is 11.2. The molecule has 0 atom stereocenters. The number of H-pyrrole nitrogens is 1. The van der Waals surface area contributed by atoms with Gasteiger partial charge in [0.05, 0.1) is 11.0 Å². The Morgan fingerprint density at radius 3 is 2.47 bits per heavy atom. The zero-order valence-electron chi connectivity index (χ0n) is 7.67. The number of hydrogen-bond donors (Lipinski definition) is 1. The molecule has 0 bridgehead atoms. The molecule has 0 fully saturated rings. The van der Waals surface area contributed by atoms with Gasteiger partial charge in [-0.25, -0.2) is 0 Å². The van der Waals surface area contributed by atoms with Crippen molar-refractivity contribution in [3.05, 3.63) is 41.8 Å². The Morgan fingerprint density at radius 1 is 1.20 bits per heavy atom. The summed E-state index contributed by atoms with van der Waals surface area (Å²) in [6.07, 6.45) is 0. The van der Waals surface area contributed by atoms with E-state index in [0.717, 1.165) is 8.95 Å². The Kier molecular flexibility index (Phi) is 2.56. The third-order valence-electron chi connectivity index (χ3n) is 2.15. The van der Waals surface area contributed by atoms with Gasteiger partial charge in [0.15, 0.2) is 0 Å². The molecule has 15 heavy (non-hydrogen) atoms. The van der Waals surface area contributed by atoms with Gasteiger partial charge in [-0.2, -0.15) is 0 Å². The van der Waals surface area contributed by atoms with E-state index in [1.807, 2.05) is 0 Å². The number of aryl methyl sites for hydroxylation is 1. The van der Waals surface area contributed by atoms with Crippen LogP contribution >= 0.6 is 31.9 Å². The van der Waals surface area contributed by atoms with Gasteiger partial charge in [0.25, 0.3) is 0 Å². The van der Waals surface area contributed by atoms with Crippen LogP contribution in [0.15, 0.2) is 30.7 Å². The van der Waals surface area contributed by atoms with Crippen molar-refractivity contribution in [2.75, 3.05) is 0 Å². The average Bonchev–Trinajstić information content (AvgIpc) is 2.19. The number of nitrogens with one attached hydrogen (secondary N) is 1. The molecule has 4 nitrogen and oxygen atoms in total. The highest BCUT2D eigenvalue weighted by molar-refractivity contribution is 9.13. The van der Waals surface area contributed by atoms with Gasteiger partial charge in [-0.05, 0) is 44.0 Å². The van der Waals surface area contributed by atoms with Gasteiger partial charge in [-0.3, -0.25) is 9.59 Å². The lowest BCUT2D eigenvalue weighted by atomic mass is 10.3. The van der Waals surface area contributed by atoms with Crippen LogP contribution in [0.3, 0.4) is 0 Å². The summed E-state index contributed by atoms with van der Waals surface area (Å²) >= 11 is 6.67. The van der Waals surface area contributed by atoms with Crippen molar-refractivity contribution >= 4 is 42.9 Å². The summed E-state index contributed by atoms with van der Waals surface area (Å²) in [7, 11) is 1.57. The van der Waals surface area contributed by atoms with Gasteiger partial charge in [0.2, 0.25) is 0 Å². The molecular formula is C9H6Br2N2O2. The largest absolute Gasteiger partial charge is 0.316 e. The Bertz CT molecular complexity index is 657. The molecule has 0 saturated heterocycles. The maximum absolute atomic E-state index is 11.4. The molecule has 1 N–H and O–H groups in total. The number of nitrogens with zero attached hydrogens (tertiary/aromatic N) is 1. The summed E-state index contributed by atoms with van der Waals surface area (Å²) in [5, 5.41) is 0. The number of rotatable bonds is 0. The number of aromatic amines is 1. The van der Waals surface area contributed by atoms with Crippen LogP contribution in [0.5, 0.6) is 0 Å². The summed E-state index contributed by atoms with van der Waals surface area (Å²) in [6.45, 7) is 0. The minimum Gasteiger partial charge on any atom is -0.316 e. The van der Waals surface area contributed by atoms with E-state index in [9.17, 15) is 9.59 Å². The summed E-state index contributed by atoms with van der Waals surface area (Å²) in [6, 6.07) is 3.52. The number of fused-ring (bicyclic) bond motifs is 1. The summed E-state index contributed by atoms with van der Waals surface area (Å²) < 4.78 is 2.98. The van der Waals surface area contributed by atoms with Crippen LogP contribution in [0, 0.1) is 0 Å². The lowest BCUT2D eigenvalue weighted by Crippen LogP contribution is -2.34.